The van der Waals surface area contributed by atoms with Crippen LogP contribution in [0, 0.1) is 0 Å². The number of allylic oxidation sites excluding steroid dienone is 8. The summed E-state index contributed by atoms with van der Waals surface area (Å²) in [7, 11) is 0. The molecular formula is C54H96O6. The van der Waals surface area contributed by atoms with E-state index in [0.717, 1.165) is 96.3 Å². The number of hydrogen-bond donors (Lipinski definition) is 0. The average molecular weight is 841 g/mol. The normalized spacial score (nSPS) is 12.4. The Labute approximate surface area is 371 Å². The van der Waals surface area contributed by atoms with Crippen molar-refractivity contribution in [2.45, 2.75) is 264 Å². The molecule has 0 aliphatic heterocycles. The fourth-order valence-corrected chi connectivity index (χ4v) is 7.26. The Balaban J connectivity index is 4.34. The van der Waals surface area contributed by atoms with E-state index in [1.807, 2.05) is 0 Å². The summed E-state index contributed by atoms with van der Waals surface area (Å²) in [5.74, 6) is -0.896. The van der Waals surface area contributed by atoms with Gasteiger partial charge < -0.3 is 14.2 Å². The summed E-state index contributed by atoms with van der Waals surface area (Å²) in [6, 6.07) is 0. The Morgan fingerprint density at radius 1 is 0.350 bits per heavy atom. The highest BCUT2D eigenvalue weighted by molar-refractivity contribution is 5.71. The quantitative estimate of drug-likeness (QED) is 0.0263. The van der Waals surface area contributed by atoms with E-state index in [2.05, 4.69) is 69.4 Å². The average Bonchev–Trinajstić information content (AvgIpc) is 3.24. The van der Waals surface area contributed by atoms with Gasteiger partial charge in [0.1, 0.15) is 13.2 Å². The topological polar surface area (TPSA) is 78.9 Å². The lowest BCUT2D eigenvalue weighted by Gasteiger charge is -2.18. The molecule has 60 heavy (non-hydrogen) atoms. The lowest BCUT2D eigenvalue weighted by atomic mass is 10.0. The number of rotatable bonds is 46. The summed E-state index contributed by atoms with van der Waals surface area (Å²) in [5, 5.41) is 0. The molecule has 0 spiro atoms. The van der Waals surface area contributed by atoms with E-state index in [1.165, 1.54) is 122 Å². The molecule has 1 unspecified atom stereocenters. The zero-order valence-corrected chi connectivity index (χ0v) is 39.7. The van der Waals surface area contributed by atoms with Crippen LogP contribution in [0.25, 0.3) is 0 Å². The van der Waals surface area contributed by atoms with Gasteiger partial charge in [-0.25, -0.2) is 0 Å². The van der Waals surface area contributed by atoms with Crippen LogP contribution in [0.3, 0.4) is 0 Å². The highest BCUT2D eigenvalue weighted by Gasteiger charge is 2.19. The van der Waals surface area contributed by atoms with Crippen molar-refractivity contribution < 1.29 is 28.6 Å². The molecule has 0 aromatic heterocycles. The first kappa shape index (κ1) is 57.4. The van der Waals surface area contributed by atoms with Crippen molar-refractivity contribution in [3.8, 4) is 0 Å². The second-order valence-electron chi connectivity index (χ2n) is 17.1. The molecule has 0 rings (SSSR count). The van der Waals surface area contributed by atoms with Gasteiger partial charge in [-0.15, -0.1) is 0 Å². The zero-order valence-electron chi connectivity index (χ0n) is 39.7. The van der Waals surface area contributed by atoms with Gasteiger partial charge in [0, 0.05) is 19.3 Å². The molecule has 0 radical (unpaired) electrons. The van der Waals surface area contributed by atoms with Crippen LogP contribution in [0.15, 0.2) is 48.6 Å². The number of hydrogen-bond acceptors (Lipinski definition) is 6. The van der Waals surface area contributed by atoms with Gasteiger partial charge in [0.05, 0.1) is 0 Å². The van der Waals surface area contributed by atoms with Gasteiger partial charge in [0.15, 0.2) is 6.10 Å². The molecule has 0 saturated heterocycles. The zero-order chi connectivity index (χ0) is 43.7. The van der Waals surface area contributed by atoms with E-state index in [0.29, 0.717) is 19.3 Å². The SMILES string of the molecule is CC/C=C\C/C=C\C/C=C\C/C=C\CCCCCCC(=O)OCC(COC(=O)CCCCCCCCCCC)OC(=O)CCCCCCCCCCCCCCCCCC. The van der Waals surface area contributed by atoms with E-state index in [9.17, 15) is 14.4 Å². The molecule has 0 N–H and O–H groups in total. The van der Waals surface area contributed by atoms with E-state index >= 15 is 0 Å². The Morgan fingerprint density at radius 3 is 1.02 bits per heavy atom. The molecule has 1 atom stereocenters. The fourth-order valence-electron chi connectivity index (χ4n) is 7.26. The number of ether oxygens (including phenoxy) is 3. The molecule has 0 aliphatic rings. The smallest absolute Gasteiger partial charge is 0.306 e. The first-order valence-electron chi connectivity index (χ1n) is 25.6. The Hall–Kier alpha value is -2.63. The summed E-state index contributed by atoms with van der Waals surface area (Å²) in [6.45, 7) is 6.50. The molecule has 0 fully saturated rings. The van der Waals surface area contributed by atoms with Crippen LogP contribution in [-0.4, -0.2) is 37.2 Å². The molecule has 0 bridgehead atoms. The van der Waals surface area contributed by atoms with Crippen LogP contribution in [0.4, 0.5) is 0 Å². The number of carbonyl (C=O) groups excluding carboxylic acids is 3. The van der Waals surface area contributed by atoms with Gasteiger partial charge >= 0.3 is 17.9 Å². The summed E-state index contributed by atoms with van der Waals surface area (Å²) in [5.41, 5.74) is 0. The van der Waals surface area contributed by atoms with E-state index in [4.69, 9.17) is 14.2 Å². The van der Waals surface area contributed by atoms with Crippen LogP contribution in [0.1, 0.15) is 258 Å². The summed E-state index contributed by atoms with van der Waals surface area (Å²) < 4.78 is 16.8. The lowest BCUT2D eigenvalue weighted by molar-refractivity contribution is -0.167. The van der Waals surface area contributed by atoms with Gasteiger partial charge in [-0.2, -0.15) is 0 Å². The Kier molecular flexibility index (Phi) is 46.9. The fraction of sp³-hybridized carbons (Fsp3) is 0.796. The highest BCUT2D eigenvalue weighted by Crippen LogP contribution is 2.16. The van der Waals surface area contributed by atoms with E-state index in [1.54, 1.807) is 0 Å². The minimum atomic E-state index is -0.777. The number of carbonyl (C=O) groups is 3. The first-order valence-corrected chi connectivity index (χ1v) is 25.6. The van der Waals surface area contributed by atoms with Crippen LogP contribution in [0.5, 0.6) is 0 Å². The predicted octanol–water partition coefficient (Wildman–Crippen LogP) is 16.7. The molecule has 0 heterocycles. The number of esters is 3. The maximum atomic E-state index is 12.8. The predicted molar refractivity (Wildman–Crippen MR) is 256 cm³/mol. The third-order valence-corrected chi connectivity index (χ3v) is 11.1. The molecule has 6 nitrogen and oxygen atoms in total. The molecule has 348 valence electrons. The second-order valence-corrected chi connectivity index (χ2v) is 17.1. The monoisotopic (exact) mass is 841 g/mol. The highest BCUT2D eigenvalue weighted by atomic mass is 16.6. The Bertz CT molecular complexity index is 1060. The minimum absolute atomic E-state index is 0.0778. The van der Waals surface area contributed by atoms with Crippen molar-refractivity contribution in [3.63, 3.8) is 0 Å². The van der Waals surface area contributed by atoms with Gasteiger partial charge in [-0.05, 0) is 57.8 Å². The van der Waals surface area contributed by atoms with Crippen molar-refractivity contribution in [2.75, 3.05) is 13.2 Å². The van der Waals surface area contributed by atoms with Gasteiger partial charge in [-0.1, -0.05) is 230 Å². The van der Waals surface area contributed by atoms with Gasteiger partial charge in [-0.3, -0.25) is 14.4 Å². The molecule has 0 aromatic carbocycles. The largest absolute Gasteiger partial charge is 0.462 e. The van der Waals surface area contributed by atoms with Crippen LogP contribution < -0.4 is 0 Å². The summed E-state index contributed by atoms with van der Waals surface area (Å²) in [4.78, 5) is 37.9. The van der Waals surface area contributed by atoms with Crippen molar-refractivity contribution >= 4 is 17.9 Å². The van der Waals surface area contributed by atoms with Crippen LogP contribution in [-0.2, 0) is 28.6 Å². The number of unbranched alkanes of at least 4 members (excludes halogenated alkanes) is 27. The first-order chi connectivity index (χ1) is 29.5. The molecular weight excluding hydrogens is 745 g/mol. The molecule has 0 aliphatic carbocycles. The van der Waals surface area contributed by atoms with Crippen molar-refractivity contribution in [1.29, 1.82) is 0 Å². The van der Waals surface area contributed by atoms with E-state index in [-0.39, 0.29) is 31.1 Å². The van der Waals surface area contributed by atoms with Gasteiger partial charge in [0.25, 0.3) is 0 Å². The maximum absolute atomic E-state index is 12.8. The van der Waals surface area contributed by atoms with Crippen LogP contribution in [0.2, 0.25) is 0 Å². The molecule has 6 heteroatoms. The molecule has 0 aromatic rings. The third-order valence-electron chi connectivity index (χ3n) is 11.1. The van der Waals surface area contributed by atoms with Crippen molar-refractivity contribution in [3.05, 3.63) is 48.6 Å². The maximum Gasteiger partial charge on any atom is 0.306 e. The standard InChI is InChI=1S/C54H96O6/c1-4-7-10-13-16-19-21-23-25-27-29-30-32-35-38-41-44-47-53(56)59-50-51(49-58-52(55)46-43-40-37-34-18-15-12-9-6-3)60-54(57)48-45-42-39-36-33-31-28-26-24-22-20-17-14-11-8-5-2/h7,10,16,19,23,25,29-30,51H,4-6,8-9,11-15,17-18,20-22,24,26-28,31-50H2,1-3H3/b10-7-,19-16-,25-23-,30-29-. The van der Waals surface area contributed by atoms with Gasteiger partial charge in [0.2, 0.25) is 0 Å². The minimum Gasteiger partial charge on any atom is -0.462 e. The van der Waals surface area contributed by atoms with Crippen molar-refractivity contribution in [1.82, 2.24) is 0 Å². The third kappa shape index (κ3) is 46.4. The summed E-state index contributed by atoms with van der Waals surface area (Å²) >= 11 is 0. The second kappa shape index (κ2) is 49.0. The molecule has 0 amide bonds. The molecule has 0 saturated carbocycles. The van der Waals surface area contributed by atoms with Crippen molar-refractivity contribution in [2.24, 2.45) is 0 Å². The van der Waals surface area contributed by atoms with E-state index < -0.39 is 6.10 Å². The summed E-state index contributed by atoms with van der Waals surface area (Å²) in [6.07, 6.45) is 58.1. The Morgan fingerprint density at radius 2 is 0.650 bits per heavy atom. The lowest BCUT2D eigenvalue weighted by Crippen LogP contribution is -2.30. The van der Waals surface area contributed by atoms with Crippen LogP contribution >= 0.6 is 0 Å².